The molecule has 0 amide bonds. The van der Waals surface area contributed by atoms with Crippen LogP contribution in [0, 0.1) is 17.8 Å². The average Bonchev–Trinajstić information content (AvgIpc) is 3.76. The Balaban J connectivity index is 1.06. The van der Waals surface area contributed by atoms with E-state index in [2.05, 4.69) is 219 Å². The zero-order valence-electron chi connectivity index (χ0n) is 35.7. The van der Waals surface area contributed by atoms with Crippen molar-refractivity contribution in [2.75, 3.05) is 0 Å². The zero-order valence-corrected chi connectivity index (χ0v) is 35.7. The van der Waals surface area contributed by atoms with E-state index in [0.717, 1.165) is 64.3 Å². The standard InChI is InChI=1S/C61H52N2/c1-4-5-24-53-43-63(54-25-12-9-13-26-54)61(62-53)52-37-39-58-50(42-52)34-31-45(3)55(58)29-18-21-47-33-38-59-56(44(2)30-32-46-19-10-8-11-20-46)27-14-6-7-15-28-57(60(59)40-47)51-36-35-48-22-16-17-23-49(48)41-51/h4-5,8-28,30-43,50,55,58H,1-3,6-7,29H2/b21-18+,24-5-,27-14+,28-15+,32-30-,59-56+,60-57+. The Bertz CT molecular complexity index is 3080. The van der Waals surface area contributed by atoms with Crippen LogP contribution in [0.1, 0.15) is 47.5 Å². The highest BCUT2D eigenvalue weighted by Crippen LogP contribution is 2.42. The molecule has 306 valence electrons. The number of fused-ring (bicyclic) bond motifs is 3. The minimum Gasteiger partial charge on any atom is -0.299 e. The van der Waals surface area contributed by atoms with E-state index in [4.69, 9.17) is 4.98 Å². The molecule has 0 saturated carbocycles. The van der Waals surface area contributed by atoms with E-state index in [1.807, 2.05) is 24.3 Å². The first-order valence-corrected chi connectivity index (χ1v) is 22.0. The fraction of sp³-hybridized carbons (Fsp3) is 0.0984. The predicted octanol–water partition coefficient (Wildman–Crippen LogP) is 13.8. The van der Waals surface area contributed by atoms with Crippen molar-refractivity contribution in [2.24, 2.45) is 17.8 Å². The highest BCUT2D eigenvalue weighted by Gasteiger charge is 2.31. The summed E-state index contributed by atoms with van der Waals surface area (Å²) in [6.45, 7) is 13.0. The number of hydrogen-bond acceptors (Lipinski definition) is 1. The lowest BCUT2D eigenvalue weighted by molar-refractivity contribution is 0.395. The maximum atomic E-state index is 5.06. The van der Waals surface area contributed by atoms with Gasteiger partial charge in [-0.3, -0.25) is 4.57 Å². The molecule has 2 heteroatoms. The van der Waals surface area contributed by atoms with Crippen LogP contribution in [0.15, 0.2) is 237 Å². The van der Waals surface area contributed by atoms with Gasteiger partial charge in [0.05, 0.1) is 5.69 Å². The molecule has 9 rings (SSSR count). The van der Waals surface area contributed by atoms with Crippen molar-refractivity contribution in [3.63, 3.8) is 0 Å². The Morgan fingerprint density at radius 1 is 0.714 bits per heavy atom. The first-order valence-electron chi connectivity index (χ1n) is 22.0. The number of nitrogens with zero attached hydrogens (tertiary/aromatic N) is 2. The van der Waals surface area contributed by atoms with Crippen LogP contribution in [0.4, 0.5) is 0 Å². The summed E-state index contributed by atoms with van der Waals surface area (Å²) in [6.07, 6.45) is 40.3. The van der Waals surface area contributed by atoms with Gasteiger partial charge in [-0.1, -0.05) is 214 Å². The molecule has 0 aliphatic heterocycles. The van der Waals surface area contributed by atoms with Crippen molar-refractivity contribution in [3.8, 4) is 5.69 Å². The van der Waals surface area contributed by atoms with E-state index < -0.39 is 0 Å². The van der Waals surface area contributed by atoms with Gasteiger partial charge in [-0.25, -0.2) is 4.98 Å². The number of aromatic nitrogens is 2. The monoisotopic (exact) mass is 812 g/mol. The lowest BCUT2D eigenvalue weighted by Gasteiger charge is -2.35. The maximum absolute atomic E-state index is 5.06. The summed E-state index contributed by atoms with van der Waals surface area (Å²) < 4.78 is 2.18. The van der Waals surface area contributed by atoms with Crippen LogP contribution in [-0.2, 0) is 0 Å². The average molecular weight is 813 g/mol. The largest absolute Gasteiger partial charge is 0.299 e. The minimum absolute atomic E-state index is 0.239. The Labute approximate surface area is 372 Å². The molecule has 0 radical (unpaired) electrons. The second-order valence-corrected chi connectivity index (χ2v) is 16.4. The van der Waals surface area contributed by atoms with Gasteiger partial charge in [0.2, 0.25) is 0 Å². The summed E-state index contributed by atoms with van der Waals surface area (Å²) in [6, 6.07) is 43.2. The van der Waals surface area contributed by atoms with Gasteiger partial charge in [-0.2, -0.15) is 0 Å². The van der Waals surface area contributed by atoms with Gasteiger partial charge >= 0.3 is 0 Å². The molecule has 3 unspecified atom stereocenters. The molecule has 5 aromatic carbocycles. The maximum Gasteiger partial charge on any atom is 0.144 e. The Hall–Kier alpha value is -7.55. The molecule has 0 spiro atoms. The van der Waals surface area contributed by atoms with Crippen LogP contribution in [0.5, 0.6) is 0 Å². The van der Waals surface area contributed by atoms with Crippen LogP contribution in [0.2, 0.25) is 0 Å². The van der Waals surface area contributed by atoms with Gasteiger partial charge in [0.15, 0.2) is 0 Å². The normalized spacial score (nSPS) is 21.4. The van der Waals surface area contributed by atoms with Crippen LogP contribution in [0.3, 0.4) is 0 Å². The molecule has 0 bridgehead atoms. The first kappa shape index (κ1) is 40.8. The molecular weight excluding hydrogens is 761 g/mol. The number of hydrogen-bond donors (Lipinski definition) is 0. The van der Waals surface area contributed by atoms with Crippen molar-refractivity contribution in [1.82, 2.24) is 9.55 Å². The van der Waals surface area contributed by atoms with Crippen LogP contribution >= 0.6 is 0 Å². The molecule has 0 N–H and O–H groups in total. The van der Waals surface area contributed by atoms with Crippen LogP contribution in [-0.4, -0.2) is 9.55 Å². The summed E-state index contributed by atoms with van der Waals surface area (Å²) in [5, 5.41) is 4.83. The summed E-state index contributed by atoms with van der Waals surface area (Å²) in [4.78, 5) is 5.06. The van der Waals surface area contributed by atoms with E-state index in [9.17, 15) is 0 Å². The Morgan fingerprint density at radius 3 is 2.32 bits per heavy atom. The van der Waals surface area contributed by atoms with Crippen molar-refractivity contribution >= 4 is 45.7 Å². The van der Waals surface area contributed by atoms with E-state index in [-0.39, 0.29) is 11.8 Å². The number of para-hydroxylation sites is 1. The molecule has 2 nitrogen and oxygen atoms in total. The minimum atomic E-state index is 0.239. The third-order valence-electron chi connectivity index (χ3n) is 12.3. The van der Waals surface area contributed by atoms with Gasteiger partial charge in [-0.05, 0) is 116 Å². The fourth-order valence-electron chi connectivity index (χ4n) is 8.99. The Morgan fingerprint density at radius 2 is 1.49 bits per heavy atom. The van der Waals surface area contributed by atoms with E-state index >= 15 is 0 Å². The zero-order chi connectivity index (χ0) is 43.0. The van der Waals surface area contributed by atoms with Gasteiger partial charge in [0.25, 0.3) is 0 Å². The summed E-state index contributed by atoms with van der Waals surface area (Å²) in [7, 11) is 0. The number of allylic oxidation sites excluding steroid dienone is 16. The molecule has 6 aromatic rings. The molecule has 63 heavy (non-hydrogen) atoms. The third kappa shape index (κ3) is 9.22. The van der Waals surface area contributed by atoms with Gasteiger partial charge in [0, 0.05) is 23.4 Å². The third-order valence-corrected chi connectivity index (χ3v) is 12.3. The van der Waals surface area contributed by atoms with Gasteiger partial charge in [0.1, 0.15) is 5.82 Å². The number of benzene rings is 5. The predicted molar refractivity (Wildman–Crippen MR) is 270 cm³/mol. The lowest BCUT2D eigenvalue weighted by atomic mass is 9.70. The van der Waals surface area contributed by atoms with E-state index in [1.165, 1.54) is 37.9 Å². The Kier molecular flexibility index (Phi) is 12.3. The summed E-state index contributed by atoms with van der Waals surface area (Å²) in [5.41, 5.74) is 11.1. The molecule has 0 fully saturated rings. The molecule has 0 saturated heterocycles. The van der Waals surface area contributed by atoms with Crippen molar-refractivity contribution in [1.29, 1.82) is 0 Å². The van der Waals surface area contributed by atoms with Crippen molar-refractivity contribution in [3.05, 3.63) is 276 Å². The highest BCUT2D eigenvalue weighted by molar-refractivity contribution is 5.88. The quantitative estimate of drug-likeness (QED) is 0.119. The lowest BCUT2D eigenvalue weighted by Crippen LogP contribution is -2.30. The summed E-state index contributed by atoms with van der Waals surface area (Å²) in [5.74, 6) is 1.75. The van der Waals surface area contributed by atoms with Crippen molar-refractivity contribution < 1.29 is 0 Å². The van der Waals surface area contributed by atoms with Crippen LogP contribution in [0.25, 0.3) is 51.4 Å². The topological polar surface area (TPSA) is 17.8 Å². The first-order chi connectivity index (χ1) is 31.0. The smallest absolute Gasteiger partial charge is 0.144 e. The fourth-order valence-corrected chi connectivity index (χ4v) is 8.99. The van der Waals surface area contributed by atoms with E-state index in [0.29, 0.717) is 5.92 Å². The second kappa shape index (κ2) is 19.0. The van der Waals surface area contributed by atoms with Crippen molar-refractivity contribution in [2.45, 2.75) is 19.3 Å². The molecule has 3 aliphatic carbocycles. The molecule has 1 aromatic heterocycles. The van der Waals surface area contributed by atoms with Gasteiger partial charge < -0.3 is 0 Å². The van der Waals surface area contributed by atoms with Gasteiger partial charge in [-0.15, -0.1) is 0 Å². The number of imidazole rings is 1. The van der Waals surface area contributed by atoms with E-state index in [1.54, 1.807) is 6.08 Å². The second-order valence-electron chi connectivity index (χ2n) is 16.4. The molecule has 3 aliphatic rings. The number of rotatable bonds is 11. The van der Waals surface area contributed by atoms with Crippen LogP contribution < -0.4 is 10.4 Å². The highest BCUT2D eigenvalue weighted by atomic mass is 15.1. The molecular formula is C61H52N2. The molecule has 3 atom stereocenters. The molecule has 1 heterocycles. The summed E-state index contributed by atoms with van der Waals surface area (Å²) >= 11 is 0. The SMILES string of the molecule is C=C/C=C\c1cn(-c2ccccc2)c(C2=CC3C=CC(=C)C(C/C=C/c4ccc5/c(c4)=C(c4ccc6ccccc6c4)\C=C\CC\C=C\C=5C(=C)/C=C\c4ccccc4)C3C=C2)n1.